The van der Waals surface area contributed by atoms with Gasteiger partial charge in [0.1, 0.15) is 12.1 Å². The van der Waals surface area contributed by atoms with E-state index < -0.39 is 0 Å². The molecule has 2 heterocycles. The summed E-state index contributed by atoms with van der Waals surface area (Å²) in [7, 11) is 1.82. The maximum absolute atomic E-state index is 11.7. The van der Waals surface area contributed by atoms with Crippen LogP contribution in [0.3, 0.4) is 0 Å². The van der Waals surface area contributed by atoms with Crippen LogP contribution in [-0.2, 0) is 16.6 Å². The van der Waals surface area contributed by atoms with Gasteiger partial charge in [0, 0.05) is 19.6 Å². The minimum absolute atomic E-state index is 0.0886. The molecule has 1 unspecified atom stereocenters. The highest BCUT2D eigenvalue weighted by Crippen LogP contribution is 2.19. The molecule has 0 aromatic carbocycles. The van der Waals surface area contributed by atoms with Crippen LogP contribution in [0.2, 0.25) is 0 Å². The monoisotopic (exact) mass is 227 g/mol. The molecule has 1 aromatic rings. The van der Waals surface area contributed by atoms with Crippen molar-refractivity contribution in [2.45, 2.75) is 11.6 Å². The summed E-state index contributed by atoms with van der Waals surface area (Å²) in [6.45, 7) is 1.29. The van der Waals surface area contributed by atoms with E-state index in [0.29, 0.717) is 19.0 Å². The van der Waals surface area contributed by atoms with Gasteiger partial charge in [-0.25, -0.2) is 9.67 Å². The zero-order valence-electron chi connectivity index (χ0n) is 8.55. The molecule has 6 heteroatoms. The number of carbonyl (C=O) groups is 1. The number of carbonyl (C=O) groups excluding carboxylic acids is 1. The molecule has 0 saturated carbocycles. The first-order chi connectivity index (χ1) is 7.27. The summed E-state index contributed by atoms with van der Waals surface area (Å²) in [6, 6.07) is 0. The molecule has 1 aliphatic heterocycles. The predicted molar refractivity (Wildman–Crippen MR) is 55.7 cm³/mol. The summed E-state index contributed by atoms with van der Waals surface area (Å²) in [5.74, 6) is 0.798. The Hall–Kier alpha value is -0.880. The second-order valence-electron chi connectivity index (χ2n) is 3.48. The number of hydrogen-bond acceptors (Lipinski definition) is 5. The van der Waals surface area contributed by atoms with Gasteiger partial charge in [0.25, 0.3) is 0 Å². The van der Waals surface area contributed by atoms with Gasteiger partial charge in [-0.15, -0.1) is 0 Å². The number of aromatic nitrogens is 3. The predicted octanol–water partition coefficient (Wildman–Crippen LogP) is 0.513. The van der Waals surface area contributed by atoms with Crippen LogP contribution >= 0.6 is 11.8 Å². The quantitative estimate of drug-likeness (QED) is 0.702. The highest BCUT2D eigenvalue weighted by Gasteiger charge is 2.23. The first kappa shape index (κ1) is 10.6. The van der Waals surface area contributed by atoms with Crippen molar-refractivity contribution in [1.82, 2.24) is 14.8 Å². The number of Topliss-reactive ketones (excluding diaryl/α,β-unsaturated/α-hetero) is 1. The van der Waals surface area contributed by atoms with E-state index in [2.05, 4.69) is 10.1 Å². The van der Waals surface area contributed by atoms with Crippen molar-refractivity contribution in [3.63, 3.8) is 0 Å². The Labute approximate surface area is 92.2 Å². The molecule has 1 aromatic heterocycles. The van der Waals surface area contributed by atoms with E-state index in [-0.39, 0.29) is 11.7 Å². The summed E-state index contributed by atoms with van der Waals surface area (Å²) in [4.78, 5) is 15.7. The molecular formula is C9H13N3O2S. The molecule has 5 nitrogen and oxygen atoms in total. The van der Waals surface area contributed by atoms with E-state index in [1.807, 2.05) is 7.05 Å². The molecule has 0 N–H and O–H groups in total. The highest BCUT2D eigenvalue weighted by molar-refractivity contribution is 7.99. The van der Waals surface area contributed by atoms with Crippen LogP contribution in [0.5, 0.6) is 0 Å². The van der Waals surface area contributed by atoms with E-state index in [4.69, 9.17) is 4.74 Å². The summed E-state index contributed by atoms with van der Waals surface area (Å²) in [5, 5.41) is 4.72. The molecule has 82 valence electrons. The smallest absolute Gasteiger partial charge is 0.186 e. The van der Waals surface area contributed by atoms with Crippen molar-refractivity contribution in [1.29, 1.82) is 0 Å². The van der Waals surface area contributed by atoms with Gasteiger partial charge in [0.2, 0.25) is 0 Å². The SMILES string of the molecule is Cn1ncnc1SCC(=O)C1CCOC1. The van der Waals surface area contributed by atoms with Crippen LogP contribution in [-0.4, -0.2) is 39.5 Å². The second-order valence-corrected chi connectivity index (χ2v) is 4.42. The molecule has 1 aliphatic rings. The number of ketones is 1. The van der Waals surface area contributed by atoms with Crippen LogP contribution < -0.4 is 0 Å². The minimum atomic E-state index is 0.0886. The zero-order chi connectivity index (χ0) is 10.7. The van der Waals surface area contributed by atoms with Crippen LogP contribution in [0.1, 0.15) is 6.42 Å². The van der Waals surface area contributed by atoms with Crippen molar-refractivity contribution >= 4 is 17.5 Å². The number of aryl methyl sites for hydroxylation is 1. The van der Waals surface area contributed by atoms with E-state index in [0.717, 1.165) is 11.6 Å². The van der Waals surface area contributed by atoms with Gasteiger partial charge >= 0.3 is 0 Å². The third-order valence-corrected chi connectivity index (χ3v) is 3.46. The Morgan fingerprint density at radius 1 is 1.80 bits per heavy atom. The number of thioether (sulfide) groups is 1. The first-order valence-corrected chi connectivity index (χ1v) is 5.83. The van der Waals surface area contributed by atoms with Crippen LogP contribution in [0.4, 0.5) is 0 Å². The van der Waals surface area contributed by atoms with E-state index in [1.165, 1.54) is 18.1 Å². The molecule has 0 bridgehead atoms. The molecule has 2 rings (SSSR count). The molecule has 1 atom stereocenters. The average Bonchev–Trinajstić information content (AvgIpc) is 2.85. The lowest BCUT2D eigenvalue weighted by molar-refractivity contribution is -0.120. The van der Waals surface area contributed by atoms with Crippen LogP contribution in [0, 0.1) is 5.92 Å². The normalized spacial score (nSPS) is 20.7. The Bertz CT molecular complexity index is 347. The van der Waals surface area contributed by atoms with Crippen molar-refractivity contribution < 1.29 is 9.53 Å². The Morgan fingerprint density at radius 2 is 2.67 bits per heavy atom. The lowest BCUT2D eigenvalue weighted by atomic mass is 10.1. The van der Waals surface area contributed by atoms with E-state index >= 15 is 0 Å². The van der Waals surface area contributed by atoms with Crippen molar-refractivity contribution in [3.05, 3.63) is 6.33 Å². The van der Waals surface area contributed by atoms with E-state index in [1.54, 1.807) is 4.68 Å². The van der Waals surface area contributed by atoms with Gasteiger partial charge in [-0.1, -0.05) is 11.8 Å². The summed E-state index contributed by atoms with van der Waals surface area (Å²) in [5.41, 5.74) is 0. The van der Waals surface area contributed by atoms with Crippen LogP contribution in [0.25, 0.3) is 0 Å². The second kappa shape index (κ2) is 4.76. The zero-order valence-corrected chi connectivity index (χ0v) is 9.37. The first-order valence-electron chi connectivity index (χ1n) is 4.84. The standard InChI is InChI=1S/C9H13N3O2S/c1-12-9(10-6-11-12)15-5-8(13)7-2-3-14-4-7/h6-7H,2-5H2,1H3. The number of rotatable bonds is 4. The van der Waals surface area contributed by atoms with Crippen molar-refractivity contribution in [2.75, 3.05) is 19.0 Å². The summed E-state index contributed by atoms with van der Waals surface area (Å²) < 4.78 is 6.85. The van der Waals surface area contributed by atoms with Gasteiger partial charge in [0.15, 0.2) is 5.16 Å². The van der Waals surface area contributed by atoms with Gasteiger partial charge in [-0.05, 0) is 6.42 Å². The van der Waals surface area contributed by atoms with Gasteiger partial charge in [-0.2, -0.15) is 5.10 Å². The van der Waals surface area contributed by atoms with Crippen molar-refractivity contribution in [2.24, 2.45) is 13.0 Å². The molecule has 0 radical (unpaired) electrons. The molecule has 0 amide bonds. The maximum Gasteiger partial charge on any atom is 0.186 e. The molecular weight excluding hydrogens is 214 g/mol. The van der Waals surface area contributed by atoms with Gasteiger partial charge in [0.05, 0.1) is 12.4 Å². The lowest BCUT2D eigenvalue weighted by Gasteiger charge is -2.05. The molecule has 1 saturated heterocycles. The Morgan fingerprint density at radius 3 is 3.27 bits per heavy atom. The minimum Gasteiger partial charge on any atom is -0.381 e. The molecule has 1 fully saturated rings. The highest BCUT2D eigenvalue weighted by atomic mass is 32.2. The summed E-state index contributed by atoms with van der Waals surface area (Å²) in [6.07, 6.45) is 2.35. The fourth-order valence-electron chi connectivity index (χ4n) is 1.46. The van der Waals surface area contributed by atoms with Crippen molar-refractivity contribution in [3.8, 4) is 0 Å². The van der Waals surface area contributed by atoms with Crippen LogP contribution in [0.15, 0.2) is 11.5 Å². The third kappa shape index (κ3) is 2.57. The summed E-state index contributed by atoms with van der Waals surface area (Å²) >= 11 is 1.43. The fourth-order valence-corrected chi connectivity index (χ4v) is 2.32. The van der Waals surface area contributed by atoms with E-state index in [9.17, 15) is 4.79 Å². The third-order valence-electron chi connectivity index (χ3n) is 2.40. The van der Waals surface area contributed by atoms with Gasteiger partial charge in [-0.3, -0.25) is 4.79 Å². The Kier molecular flexibility index (Phi) is 3.37. The fraction of sp³-hybridized carbons (Fsp3) is 0.667. The topological polar surface area (TPSA) is 57.0 Å². The average molecular weight is 227 g/mol. The largest absolute Gasteiger partial charge is 0.381 e. The lowest BCUT2D eigenvalue weighted by Crippen LogP contribution is -2.16. The van der Waals surface area contributed by atoms with Gasteiger partial charge < -0.3 is 4.74 Å². The molecule has 15 heavy (non-hydrogen) atoms. The number of ether oxygens (including phenoxy) is 1. The molecule has 0 aliphatic carbocycles. The number of nitrogens with zero attached hydrogens (tertiary/aromatic N) is 3. The number of hydrogen-bond donors (Lipinski definition) is 0. The Balaban J connectivity index is 1.83. The molecule has 0 spiro atoms. The maximum atomic E-state index is 11.7.